The number of para-hydroxylation sites is 1. The molecule has 1 unspecified atom stereocenters. The highest BCUT2D eigenvalue weighted by atomic mass is 19.4. The molecule has 21 heavy (non-hydrogen) atoms. The predicted molar refractivity (Wildman–Crippen MR) is 69.0 cm³/mol. The van der Waals surface area contributed by atoms with Gasteiger partial charge in [-0.3, -0.25) is 4.79 Å². The summed E-state index contributed by atoms with van der Waals surface area (Å²) in [5.74, 6) is -1.25. The van der Waals surface area contributed by atoms with Gasteiger partial charge in [-0.15, -0.1) is 5.10 Å². The lowest BCUT2D eigenvalue weighted by Crippen LogP contribution is -2.45. The Morgan fingerprint density at radius 3 is 2.57 bits per heavy atom. The van der Waals surface area contributed by atoms with Crippen LogP contribution in [0.2, 0.25) is 0 Å². The van der Waals surface area contributed by atoms with Gasteiger partial charge in [-0.05, 0) is 18.6 Å². The number of carbonyl (C=O) groups excluding carboxylic acids is 1. The molecule has 1 aromatic carbocycles. The maximum absolute atomic E-state index is 12.6. The van der Waals surface area contributed by atoms with E-state index >= 15 is 0 Å². The maximum atomic E-state index is 12.6. The Morgan fingerprint density at radius 2 is 2.00 bits per heavy atom. The Labute approximate surface area is 118 Å². The molecule has 2 aromatic rings. The Balaban J connectivity index is 2.13. The van der Waals surface area contributed by atoms with Gasteiger partial charge in [0.25, 0.3) is 5.91 Å². The van der Waals surface area contributed by atoms with Crippen molar-refractivity contribution in [3.63, 3.8) is 0 Å². The summed E-state index contributed by atoms with van der Waals surface area (Å²) in [6.07, 6.45) is -3.47. The Bertz CT molecular complexity index is 609. The normalized spacial score (nSPS) is 13.0. The molecule has 1 heterocycles. The average Bonchev–Trinajstić information content (AvgIpc) is 2.94. The first-order chi connectivity index (χ1) is 9.91. The van der Waals surface area contributed by atoms with Gasteiger partial charge in [-0.2, -0.15) is 13.2 Å². The minimum Gasteiger partial charge on any atom is -0.338 e. The summed E-state index contributed by atoms with van der Waals surface area (Å²) < 4.78 is 39.1. The number of nitrogens with zero attached hydrogens (tertiary/aromatic N) is 3. The van der Waals surface area contributed by atoms with Crippen LogP contribution in [0.15, 0.2) is 36.7 Å². The quantitative estimate of drug-likeness (QED) is 0.942. The number of benzene rings is 1. The Morgan fingerprint density at radius 1 is 1.33 bits per heavy atom. The molecule has 5 nitrogen and oxygen atoms in total. The molecule has 8 heteroatoms. The highest BCUT2D eigenvalue weighted by Crippen LogP contribution is 2.22. The number of nitrogens with one attached hydrogen (secondary N) is 1. The first-order valence-electron chi connectivity index (χ1n) is 6.26. The molecule has 112 valence electrons. The van der Waals surface area contributed by atoms with Gasteiger partial charge in [-0.25, -0.2) is 9.67 Å². The van der Waals surface area contributed by atoms with Gasteiger partial charge in [-0.1, -0.05) is 25.1 Å². The number of alkyl halides is 3. The van der Waals surface area contributed by atoms with Crippen molar-refractivity contribution in [2.45, 2.75) is 25.6 Å². The molecule has 0 fully saturated rings. The van der Waals surface area contributed by atoms with Gasteiger partial charge in [0, 0.05) is 0 Å². The number of halogens is 3. The van der Waals surface area contributed by atoms with E-state index in [-0.39, 0.29) is 12.2 Å². The van der Waals surface area contributed by atoms with Crippen molar-refractivity contribution < 1.29 is 18.0 Å². The second-order valence-corrected chi connectivity index (χ2v) is 4.32. The van der Waals surface area contributed by atoms with Crippen LogP contribution in [0.1, 0.15) is 24.0 Å². The summed E-state index contributed by atoms with van der Waals surface area (Å²) in [6.45, 7) is 1.34. The zero-order chi connectivity index (χ0) is 15.5. The first-order valence-corrected chi connectivity index (χ1v) is 6.26. The van der Waals surface area contributed by atoms with E-state index < -0.39 is 18.1 Å². The zero-order valence-corrected chi connectivity index (χ0v) is 11.1. The van der Waals surface area contributed by atoms with E-state index in [1.165, 1.54) is 17.9 Å². The third-order valence-electron chi connectivity index (χ3n) is 2.82. The summed E-state index contributed by atoms with van der Waals surface area (Å²) >= 11 is 0. The molecule has 0 bridgehead atoms. The van der Waals surface area contributed by atoms with Crippen molar-refractivity contribution in [2.24, 2.45) is 0 Å². The molecule has 0 spiro atoms. The topological polar surface area (TPSA) is 59.8 Å². The van der Waals surface area contributed by atoms with Crippen molar-refractivity contribution in [1.29, 1.82) is 0 Å². The number of amides is 1. The van der Waals surface area contributed by atoms with Gasteiger partial charge >= 0.3 is 6.18 Å². The van der Waals surface area contributed by atoms with Gasteiger partial charge in [0.15, 0.2) is 0 Å². The van der Waals surface area contributed by atoms with E-state index in [4.69, 9.17) is 0 Å². The molecular weight excluding hydrogens is 285 g/mol. The molecule has 0 aliphatic carbocycles. The number of hydrogen-bond acceptors (Lipinski definition) is 3. The van der Waals surface area contributed by atoms with E-state index in [1.54, 1.807) is 24.3 Å². The van der Waals surface area contributed by atoms with Crippen molar-refractivity contribution in [3.8, 4) is 5.69 Å². The van der Waals surface area contributed by atoms with Crippen molar-refractivity contribution >= 4 is 5.91 Å². The van der Waals surface area contributed by atoms with Gasteiger partial charge in [0.2, 0.25) is 5.82 Å². The lowest BCUT2D eigenvalue weighted by molar-refractivity contribution is -0.153. The zero-order valence-electron chi connectivity index (χ0n) is 11.1. The molecule has 0 saturated heterocycles. The third kappa shape index (κ3) is 3.59. The highest BCUT2D eigenvalue weighted by molar-refractivity contribution is 5.90. The number of carbonyl (C=O) groups is 1. The van der Waals surface area contributed by atoms with Crippen molar-refractivity contribution in [1.82, 2.24) is 20.1 Å². The standard InChI is InChI=1S/C13H13F3N4O/c1-2-10(13(14,15)16)18-12(21)11-17-8-20(19-11)9-6-4-3-5-7-9/h3-8,10H,2H2,1H3,(H,18,21). The van der Waals surface area contributed by atoms with Crippen LogP contribution >= 0.6 is 0 Å². The second-order valence-electron chi connectivity index (χ2n) is 4.32. The molecule has 0 aliphatic heterocycles. The van der Waals surface area contributed by atoms with E-state index in [2.05, 4.69) is 10.1 Å². The van der Waals surface area contributed by atoms with Crippen LogP contribution in [-0.4, -0.2) is 32.9 Å². The molecule has 0 saturated carbocycles. The summed E-state index contributed by atoms with van der Waals surface area (Å²) in [7, 11) is 0. The molecule has 1 atom stereocenters. The SMILES string of the molecule is CCC(NC(=O)c1ncn(-c2ccccc2)n1)C(F)(F)F. The monoisotopic (exact) mass is 298 g/mol. The van der Waals surface area contributed by atoms with Crippen LogP contribution in [0.25, 0.3) is 5.69 Å². The maximum Gasteiger partial charge on any atom is 0.408 e. The third-order valence-corrected chi connectivity index (χ3v) is 2.82. The molecular formula is C13H13F3N4O. The number of hydrogen-bond donors (Lipinski definition) is 1. The largest absolute Gasteiger partial charge is 0.408 e. The molecule has 2 rings (SSSR count). The van der Waals surface area contributed by atoms with Crippen LogP contribution in [0, 0.1) is 0 Å². The van der Waals surface area contributed by atoms with Crippen molar-refractivity contribution in [2.75, 3.05) is 0 Å². The lowest BCUT2D eigenvalue weighted by atomic mass is 10.2. The first kappa shape index (κ1) is 15.0. The molecule has 0 aliphatic rings. The minimum absolute atomic E-state index is 0.255. The fraction of sp³-hybridized carbons (Fsp3) is 0.308. The van der Waals surface area contributed by atoms with Crippen LogP contribution in [0.5, 0.6) is 0 Å². The van der Waals surface area contributed by atoms with Crippen LogP contribution in [0.4, 0.5) is 13.2 Å². The fourth-order valence-corrected chi connectivity index (χ4v) is 1.71. The van der Waals surface area contributed by atoms with E-state index in [0.29, 0.717) is 5.69 Å². The van der Waals surface area contributed by atoms with Gasteiger partial charge in [0.1, 0.15) is 12.4 Å². The minimum atomic E-state index is -4.49. The summed E-state index contributed by atoms with van der Waals surface area (Å²) in [4.78, 5) is 15.5. The van der Waals surface area contributed by atoms with E-state index in [9.17, 15) is 18.0 Å². The number of aromatic nitrogens is 3. The summed E-state index contributed by atoms with van der Waals surface area (Å²) in [6, 6.07) is 6.92. The van der Waals surface area contributed by atoms with E-state index in [1.807, 2.05) is 11.4 Å². The average molecular weight is 298 g/mol. The fourth-order valence-electron chi connectivity index (χ4n) is 1.71. The molecule has 1 amide bonds. The second kappa shape index (κ2) is 5.94. The smallest absolute Gasteiger partial charge is 0.338 e. The molecule has 1 N–H and O–H groups in total. The van der Waals surface area contributed by atoms with Gasteiger partial charge < -0.3 is 5.32 Å². The van der Waals surface area contributed by atoms with Crippen molar-refractivity contribution in [3.05, 3.63) is 42.5 Å². The highest BCUT2D eigenvalue weighted by Gasteiger charge is 2.39. The van der Waals surface area contributed by atoms with Crippen LogP contribution < -0.4 is 5.32 Å². The molecule has 1 aromatic heterocycles. The Kier molecular flexibility index (Phi) is 4.25. The number of rotatable bonds is 4. The van der Waals surface area contributed by atoms with Gasteiger partial charge in [0.05, 0.1) is 5.69 Å². The summed E-state index contributed by atoms with van der Waals surface area (Å²) in [5.41, 5.74) is 0.659. The predicted octanol–water partition coefficient (Wildman–Crippen LogP) is 2.34. The summed E-state index contributed by atoms with van der Waals surface area (Å²) in [5, 5.41) is 5.76. The lowest BCUT2D eigenvalue weighted by Gasteiger charge is -2.18. The molecule has 0 radical (unpaired) electrons. The van der Waals surface area contributed by atoms with Crippen LogP contribution in [-0.2, 0) is 0 Å². The van der Waals surface area contributed by atoms with E-state index in [0.717, 1.165) is 0 Å². The van der Waals surface area contributed by atoms with Crippen LogP contribution in [0.3, 0.4) is 0 Å². The Hall–Kier alpha value is -2.38.